The average Bonchev–Trinajstić information content (AvgIpc) is 3.47. The van der Waals surface area contributed by atoms with Crippen molar-refractivity contribution in [2.24, 2.45) is 5.41 Å². The number of aromatic nitrogens is 2. The summed E-state index contributed by atoms with van der Waals surface area (Å²) >= 11 is 0. The molecule has 1 aliphatic rings. The molecule has 1 N–H and O–H groups in total. The molecule has 1 unspecified atom stereocenters. The SMILES string of the molecule is CCN1C(=O)C(C)(C)C(=O)N(C)c2cc(OCCCNC(Cc3cccnc3C)Cn3ccc4occc4c3=O)ccc21. The van der Waals surface area contributed by atoms with Gasteiger partial charge < -0.3 is 28.8 Å². The number of pyridine rings is 2. The van der Waals surface area contributed by atoms with Crippen LogP contribution in [0, 0.1) is 12.3 Å². The minimum Gasteiger partial charge on any atom is -0.493 e. The fourth-order valence-electron chi connectivity index (χ4n) is 5.63. The van der Waals surface area contributed by atoms with Crippen LogP contribution >= 0.6 is 0 Å². The second kappa shape index (κ2) is 12.4. The highest BCUT2D eigenvalue weighted by Crippen LogP contribution is 2.40. The van der Waals surface area contributed by atoms with Gasteiger partial charge in [0.15, 0.2) is 0 Å². The maximum absolute atomic E-state index is 13.1. The molecule has 2 amide bonds. The molecule has 10 heteroatoms. The molecule has 1 aromatic carbocycles. The number of amides is 2. The van der Waals surface area contributed by atoms with E-state index >= 15 is 0 Å². The van der Waals surface area contributed by atoms with Crippen molar-refractivity contribution in [1.29, 1.82) is 0 Å². The van der Waals surface area contributed by atoms with Crippen molar-refractivity contribution in [2.75, 3.05) is 36.5 Å². The fraction of sp³-hybridized carbons (Fsp3) is 0.394. The fourth-order valence-corrected chi connectivity index (χ4v) is 5.63. The summed E-state index contributed by atoms with van der Waals surface area (Å²) in [5.74, 6) is 0.161. The molecule has 0 aliphatic carbocycles. The normalized spacial score (nSPS) is 15.5. The van der Waals surface area contributed by atoms with Crippen LogP contribution in [0.1, 0.15) is 38.4 Å². The van der Waals surface area contributed by atoms with Crippen LogP contribution in [0.3, 0.4) is 0 Å². The lowest BCUT2D eigenvalue weighted by molar-refractivity contribution is -0.137. The van der Waals surface area contributed by atoms with Gasteiger partial charge in [0, 0.05) is 50.3 Å². The Labute approximate surface area is 251 Å². The number of carbonyl (C=O) groups is 2. The summed E-state index contributed by atoms with van der Waals surface area (Å²) in [4.78, 5) is 46.9. The average molecular weight is 586 g/mol. The molecular formula is C33H39N5O5. The van der Waals surface area contributed by atoms with Gasteiger partial charge in [-0.1, -0.05) is 6.07 Å². The monoisotopic (exact) mass is 585 g/mol. The lowest BCUT2D eigenvalue weighted by Gasteiger charge is -2.27. The smallest absolute Gasteiger partial charge is 0.261 e. The van der Waals surface area contributed by atoms with E-state index in [1.165, 1.54) is 6.26 Å². The van der Waals surface area contributed by atoms with E-state index in [1.54, 1.807) is 53.7 Å². The van der Waals surface area contributed by atoms with E-state index in [9.17, 15) is 14.4 Å². The van der Waals surface area contributed by atoms with Gasteiger partial charge >= 0.3 is 0 Å². The Morgan fingerprint density at radius 3 is 2.65 bits per heavy atom. The van der Waals surface area contributed by atoms with Gasteiger partial charge in [0.25, 0.3) is 5.56 Å². The number of anilines is 2. The van der Waals surface area contributed by atoms with Crippen molar-refractivity contribution in [3.05, 3.63) is 82.7 Å². The number of hydrogen-bond donors (Lipinski definition) is 1. The number of aryl methyl sites for hydroxylation is 1. The highest BCUT2D eigenvalue weighted by atomic mass is 16.5. The highest BCUT2D eigenvalue weighted by Gasteiger charge is 2.45. The zero-order valence-corrected chi connectivity index (χ0v) is 25.4. The number of furan rings is 1. The second-order valence-corrected chi connectivity index (χ2v) is 11.5. The molecule has 0 radical (unpaired) electrons. The van der Waals surface area contributed by atoms with Gasteiger partial charge in [-0.15, -0.1) is 0 Å². The predicted molar refractivity (Wildman–Crippen MR) is 167 cm³/mol. The molecule has 5 rings (SSSR count). The number of nitrogens with one attached hydrogen (secondary N) is 1. The first-order valence-corrected chi connectivity index (χ1v) is 14.7. The van der Waals surface area contributed by atoms with Gasteiger partial charge in [-0.2, -0.15) is 0 Å². The standard InChI is InChI=1S/C33H39N5O5/c1-6-38-27-11-10-25(20-28(27)36(5)31(40)33(3,4)32(38)41)42-17-8-15-35-24(19-23-9-7-14-34-22(23)2)21-37-16-12-29-26(30(37)39)13-18-43-29/h7,9-14,16,18,20,24,35H,6,8,15,17,19,21H2,1-5H3. The summed E-state index contributed by atoms with van der Waals surface area (Å²) in [5.41, 5.74) is 2.78. The van der Waals surface area contributed by atoms with Crippen molar-refractivity contribution in [3.8, 4) is 5.75 Å². The molecule has 1 aliphatic heterocycles. The Morgan fingerprint density at radius 2 is 1.88 bits per heavy atom. The highest BCUT2D eigenvalue weighted by molar-refractivity contribution is 6.20. The number of benzene rings is 1. The van der Waals surface area contributed by atoms with Crippen LogP contribution in [-0.4, -0.2) is 54.2 Å². The van der Waals surface area contributed by atoms with Gasteiger partial charge in [0.1, 0.15) is 16.7 Å². The lowest BCUT2D eigenvalue weighted by Crippen LogP contribution is -2.47. The zero-order valence-electron chi connectivity index (χ0n) is 25.4. The van der Waals surface area contributed by atoms with E-state index in [0.29, 0.717) is 60.8 Å². The van der Waals surface area contributed by atoms with E-state index in [-0.39, 0.29) is 23.4 Å². The van der Waals surface area contributed by atoms with Crippen molar-refractivity contribution < 1.29 is 18.7 Å². The predicted octanol–water partition coefficient (Wildman–Crippen LogP) is 4.32. The van der Waals surface area contributed by atoms with Gasteiger partial charge in [-0.25, -0.2) is 0 Å². The number of hydrogen-bond acceptors (Lipinski definition) is 7. The minimum absolute atomic E-state index is 0.0157. The molecule has 0 saturated carbocycles. The first-order chi connectivity index (χ1) is 20.6. The van der Waals surface area contributed by atoms with Gasteiger partial charge in [-0.05, 0) is 83.0 Å². The van der Waals surface area contributed by atoms with E-state index in [0.717, 1.165) is 17.7 Å². The summed E-state index contributed by atoms with van der Waals surface area (Å²) in [7, 11) is 1.70. The van der Waals surface area contributed by atoms with Gasteiger partial charge in [-0.3, -0.25) is 19.4 Å². The van der Waals surface area contributed by atoms with Crippen LogP contribution < -0.4 is 25.4 Å². The topological polar surface area (TPSA) is 110 Å². The van der Waals surface area contributed by atoms with Crippen LogP contribution in [0.25, 0.3) is 11.0 Å². The molecule has 4 heterocycles. The number of carbonyl (C=O) groups excluding carboxylic acids is 2. The Morgan fingerprint density at radius 1 is 1.07 bits per heavy atom. The van der Waals surface area contributed by atoms with Crippen molar-refractivity contribution in [1.82, 2.24) is 14.9 Å². The third kappa shape index (κ3) is 6.06. The molecule has 3 aromatic heterocycles. The Hall–Kier alpha value is -4.44. The maximum atomic E-state index is 13.1. The molecule has 0 spiro atoms. The lowest BCUT2D eigenvalue weighted by atomic mass is 9.90. The summed E-state index contributed by atoms with van der Waals surface area (Å²) in [5, 5.41) is 4.17. The van der Waals surface area contributed by atoms with Crippen molar-refractivity contribution >= 4 is 34.2 Å². The Bertz CT molecular complexity index is 1690. The van der Waals surface area contributed by atoms with E-state index in [1.807, 2.05) is 44.2 Å². The molecular weight excluding hydrogens is 546 g/mol. The first kappa shape index (κ1) is 30.0. The third-order valence-corrected chi connectivity index (χ3v) is 8.15. The maximum Gasteiger partial charge on any atom is 0.261 e. The van der Waals surface area contributed by atoms with Crippen molar-refractivity contribution in [2.45, 2.75) is 53.1 Å². The first-order valence-electron chi connectivity index (χ1n) is 14.7. The van der Waals surface area contributed by atoms with Crippen LogP contribution in [0.15, 0.2) is 70.3 Å². The third-order valence-electron chi connectivity index (χ3n) is 8.15. The number of fused-ring (bicyclic) bond motifs is 2. The van der Waals surface area contributed by atoms with Crippen LogP contribution in [-0.2, 0) is 22.6 Å². The second-order valence-electron chi connectivity index (χ2n) is 11.5. The Balaban J connectivity index is 1.24. The summed E-state index contributed by atoms with van der Waals surface area (Å²) in [6.45, 7) is 9.30. The number of nitrogens with zero attached hydrogens (tertiary/aromatic N) is 4. The van der Waals surface area contributed by atoms with E-state index < -0.39 is 5.41 Å². The summed E-state index contributed by atoms with van der Waals surface area (Å²) in [6.07, 6.45) is 6.52. The molecule has 226 valence electrons. The number of rotatable bonds is 11. The Kier molecular flexibility index (Phi) is 8.68. The van der Waals surface area contributed by atoms with E-state index in [4.69, 9.17) is 9.15 Å². The van der Waals surface area contributed by atoms with E-state index in [2.05, 4.69) is 16.4 Å². The molecule has 0 fully saturated rings. The van der Waals surface area contributed by atoms with Crippen molar-refractivity contribution in [3.63, 3.8) is 0 Å². The van der Waals surface area contributed by atoms with Crippen LogP contribution in [0.5, 0.6) is 5.75 Å². The van der Waals surface area contributed by atoms with Crippen LogP contribution in [0.2, 0.25) is 0 Å². The van der Waals surface area contributed by atoms with Crippen LogP contribution in [0.4, 0.5) is 11.4 Å². The largest absolute Gasteiger partial charge is 0.493 e. The molecule has 0 bridgehead atoms. The minimum atomic E-state index is -1.16. The zero-order chi connectivity index (χ0) is 30.7. The molecule has 4 aromatic rings. The summed E-state index contributed by atoms with van der Waals surface area (Å²) in [6, 6.07) is 13.0. The molecule has 1 atom stereocenters. The van der Waals surface area contributed by atoms with Gasteiger partial charge in [0.05, 0.1) is 29.6 Å². The molecule has 0 saturated heterocycles. The molecule has 43 heavy (non-hydrogen) atoms. The number of ether oxygens (including phenoxy) is 1. The van der Waals surface area contributed by atoms with Gasteiger partial charge in [0.2, 0.25) is 11.8 Å². The molecule has 10 nitrogen and oxygen atoms in total. The quantitative estimate of drug-likeness (QED) is 0.206. The summed E-state index contributed by atoms with van der Waals surface area (Å²) < 4.78 is 13.2.